The second-order valence-electron chi connectivity index (χ2n) is 4.75. The molecule has 106 valence electrons. The van der Waals surface area contributed by atoms with Crippen molar-refractivity contribution in [2.75, 3.05) is 12.4 Å². The maximum absolute atomic E-state index is 12.2. The highest BCUT2D eigenvalue weighted by Gasteiger charge is 2.13. The van der Waals surface area contributed by atoms with Crippen molar-refractivity contribution in [3.05, 3.63) is 46.8 Å². The van der Waals surface area contributed by atoms with Crippen molar-refractivity contribution in [3.63, 3.8) is 0 Å². The number of carbonyl (C=O) groups is 1. The van der Waals surface area contributed by atoms with E-state index in [9.17, 15) is 4.79 Å². The SMILES string of the molecule is COCc1ccc(C(=O)Nc2c(C)nn(C)c2C)cc1. The van der Waals surface area contributed by atoms with Crippen molar-refractivity contribution in [3.8, 4) is 0 Å². The van der Waals surface area contributed by atoms with Gasteiger partial charge in [-0.15, -0.1) is 0 Å². The molecule has 1 aromatic carbocycles. The minimum absolute atomic E-state index is 0.131. The molecular weight excluding hydrogens is 254 g/mol. The van der Waals surface area contributed by atoms with E-state index in [0.29, 0.717) is 12.2 Å². The molecule has 2 rings (SSSR count). The molecule has 2 aromatic rings. The fourth-order valence-corrected chi connectivity index (χ4v) is 2.06. The van der Waals surface area contributed by atoms with Crippen LogP contribution < -0.4 is 5.32 Å². The molecule has 1 amide bonds. The number of rotatable bonds is 4. The number of anilines is 1. The Bertz CT molecular complexity index is 615. The Hall–Kier alpha value is -2.14. The molecule has 0 fully saturated rings. The first-order valence-corrected chi connectivity index (χ1v) is 6.42. The zero-order chi connectivity index (χ0) is 14.7. The van der Waals surface area contributed by atoms with Crippen LogP contribution in [-0.2, 0) is 18.4 Å². The van der Waals surface area contributed by atoms with Gasteiger partial charge in [-0.3, -0.25) is 9.48 Å². The lowest BCUT2D eigenvalue weighted by Gasteiger charge is -2.06. The maximum atomic E-state index is 12.2. The summed E-state index contributed by atoms with van der Waals surface area (Å²) < 4.78 is 6.80. The average molecular weight is 273 g/mol. The zero-order valence-electron chi connectivity index (χ0n) is 12.2. The fourth-order valence-electron chi connectivity index (χ4n) is 2.06. The van der Waals surface area contributed by atoms with Gasteiger partial charge in [0.25, 0.3) is 5.91 Å². The van der Waals surface area contributed by atoms with Gasteiger partial charge >= 0.3 is 0 Å². The molecule has 0 bridgehead atoms. The number of methoxy groups -OCH3 is 1. The molecule has 5 nitrogen and oxygen atoms in total. The minimum Gasteiger partial charge on any atom is -0.380 e. The molecule has 0 saturated heterocycles. The van der Waals surface area contributed by atoms with Crippen molar-refractivity contribution in [2.24, 2.45) is 7.05 Å². The van der Waals surface area contributed by atoms with E-state index in [1.54, 1.807) is 23.9 Å². The largest absolute Gasteiger partial charge is 0.380 e. The van der Waals surface area contributed by atoms with Gasteiger partial charge in [-0.25, -0.2) is 0 Å². The molecule has 0 unspecified atom stereocenters. The Morgan fingerprint density at radius 3 is 2.45 bits per heavy atom. The van der Waals surface area contributed by atoms with Crippen molar-refractivity contribution in [2.45, 2.75) is 20.5 Å². The second-order valence-corrected chi connectivity index (χ2v) is 4.75. The lowest BCUT2D eigenvalue weighted by atomic mass is 10.1. The number of amides is 1. The van der Waals surface area contributed by atoms with Gasteiger partial charge < -0.3 is 10.1 Å². The predicted octanol–water partition coefficient (Wildman–Crippen LogP) is 2.44. The summed E-state index contributed by atoms with van der Waals surface area (Å²) in [6, 6.07) is 7.37. The highest BCUT2D eigenvalue weighted by molar-refractivity contribution is 6.04. The van der Waals surface area contributed by atoms with Crippen molar-refractivity contribution in [1.29, 1.82) is 0 Å². The number of carbonyl (C=O) groups excluding carboxylic acids is 1. The van der Waals surface area contributed by atoms with Crippen LogP contribution in [0.5, 0.6) is 0 Å². The average Bonchev–Trinajstić information content (AvgIpc) is 2.66. The van der Waals surface area contributed by atoms with Gasteiger partial charge in [-0.05, 0) is 31.5 Å². The predicted molar refractivity (Wildman–Crippen MR) is 77.8 cm³/mol. The first-order valence-electron chi connectivity index (χ1n) is 6.42. The van der Waals surface area contributed by atoms with E-state index in [1.165, 1.54) is 0 Å². The summed E-state index contributed by atoms with van der Waals surface area (Å²) in [5, 5.41) is 7.19. The number of aryl methyl sites for hydroxylation is 2. The quantitative estimate of drug-likeness (QED) is 0.930. The topological polar surface area (TPSA) is 56.1 Å². The lowest BCUT2D eigenvalue weighted by molar-refractivity contribution is 0.102. The molecule has 0 spiro atoms. The summed E-state index contributed by atoms with van der Waals surface area (Å²) in [7, 11) is 3.51. The van der Waals surface area contributed by atoms with Gasteiger partial charge in [-0.2, -0.15) is 5.10 Å². The van der Waals surface area contributed by atoms with Gasteiger partial charge in [0.15, 0.2) is 0 Å². The molecular formula is C15H19N3O2. The molecule has 0 atom stereocenters. The van der Waals surface area contributed by atoms with Crippen LogP contribution in [0.3, 0.4) is 0 Å². The van der Waals surface area contributed by atoms with Gasteiger partial charge in [-0.1, -0.05) is 12.1 Å². The summed E-state index contributed by atoms with van der Waals surface area (Å²) in [4.78, 5) is 12.2. The first-order chi connectivity index (χ1) is 9.52. The number of aromatic nitrogens is 2. The van der Waals surface area contributed by atoms with Crippen LogP contribution in [0.25, 0.3) is 0 Å². The zero-order valence-corrected chi connectivity index (χ0v) is 12.2. The molecule has 0 aliphatic heterocycles. The third kappa shape index (κ3) is 2.88. The lowest BCUT2D eigenvalue weighted by Crippen LogP contribution is -2.13. The molecule has 0 aliphatic carbocycles. The summed E-state index contributed by atoms with van der Waals surface area (Å²) in [6.45, 7) is 4.35. The third-order valence-corrected chi connectivity index (χ3v) is 3.27. The number of nitrogens with zero attached hydrogens (tertiary/aromatic N) is 2. The van der Waals surface area contributed by atoms with Gasteiger partial charge in [0, 0.05) is 19.7 Å². The molecule has 1 aromatic heterocycles. The highest BCUT2D eigenvalue weighted by Crippen LogP contribution is 2.19. The third-order valence-electron chi connectivity index (χ3n) is 3.27. The van der Waals surface area contributed by atoms with Crippen LogP contribution in [0.1, 0.15) is 27.3 Å². The number of hydrogen-bond donors (Lipinski definition) is 1. The smallest absolute Gasteiger partial charge is 0.255 e. The fraction of sp³-hybridized carbons (Fsp3) is 0.333. The van der Waals surface area contributed by atoms with E-state index in [2.05, 4.69) is 10.4 Å². The van der Waals surface area contributed by atoms with E-state index in [0.717, 1.165) is 22.6 Å². The molecule has 1 heterocycles. The summed E-state index contributed by atoms with van der Waals surface area (Å²) in [5.74, 6) is -0.131. The van der Waals surface area contributed by atoms with Crippen LogP contribution in [-0.4, -0.2) is 22.8 Å². The van der Waals surface area contributed by atoms with E-state index in [-0.39, 0.29) is 5.91 Å². The van der Waals surface area contributed by atoms with Crippen LogP contribution in [0.2, 0.25) is 0 Å². The second kappa shape index (κ2) is 5.88. The van der Waals surface area contributed by atoms with E-state index >= 15 is 0 Å². The Morgan fingerprint density at radius 2 is 1.95 bits per heavy atom. The van der Waals surface area contributed by atoms with Gasteiger partial charge in [0.05, 0.1) is 23.7 Å². The molecule has 0 saturated carbocycles. The van der Waals surface area contributed by atoms with Crippen LogP contribution in [0, 0.1) is 13.8 Å². The van der Waals surface area contributed by atoms with Gasteiger partial charge in [0.1, 0.15) is 0 Å². The Kier molecular flexibility index (Phi) is 4.20. The highest BCUT2D eigenvalue weighted by atomic mass is 16.5. The molecule has 1 N–H and O–H groups in total. The molecule has 20 heavy (non-hydrogen) atoms. The summed E-state index contributed by atoms with van der Waals surface area (Å²) >= 11 is 0. The Labute approximate surface area is 118 Å². The maximum Gasteiger partial charge on any atom is 0.255 e. The Morgan fingerprint density at radius 1 is 1.30 bits per heavy atom. The number of ether oxygens (including phenoxy) is 1. The summed E-state index contributed by atoms with van der Waals surface area (Å²) in [6.07, 6.45) is 0. The van der Waals surface area contributed by atoms with Crippen LogP contribution >= 0.6 is 0 Å². The van der Waals surface area contributed by atoms with E-state index in [1.807, 2.05) is 33.0 Å². The molecule has 0 radical (unpaired) electrons. The number of hydrogen-bond acceptors (Lipinski definition) is 3. The number of nitrogens with one attached hydrogen (secondary N) is 1. The normalized spacial score (nSPS) is 10.6. The van der Waals surface area contributed by atoms with Crippen LogP contribution in [0.4, 0.5) is 5.69 Å². The van der Waals surface area contributed by atoms with E-state index in [4.69, 9.17) is 4.74 Å². The van der Waals surface area contributed by atoms with E-state index < -0.39 is 0 Å². The summed E-state index contributed by atoms with van der Waals surface area (Å²) in [5.41, 5.74) is 4.19. The van der Waals surface area contributed by atoms with Crippen LogP contribution in [0.15, 0.2) is 24.3 Å². The molecule has 5 heteroatoms. The Balaban J connectivity index is 2.15. The minimum atomic E-state index is -0.131. The van der Waals surface area contributed by atoms with Gasteiger partial charge in [0.2, 0.25) is 0 Å². The van der Waals surface area contributed by atoms with Crippen molar-refractivity contribution in [1.82, 2.24) is 9.78 Å². The van der Waals surface area contributed by atoms with Crippen molar-refractivity contribution >= 4 is 11.6 Å². The standard InChI is InChI=1S/C15H19N3O2/c1-10-14(11(2)18(3)17-10)16-15(19)13-7-5-12(6-8-13)9-20-4/h5-8H,9H2,1-4H3,(H,16,19). The monoisotopic (exact) mass is 273 g/mol. The number of benzene rings is 1. The first kappa shape index (κ1) is 14.3. The molecule has 0 aliphatic rings. The van der Waals surface area contributed by atoms with Crippen molar-refractivity contribution < 1.29 is 9.53 Å².